The van der Waals surface area contributed by atoms with Gasteiger partial charge >= 0.3 is 0 Å². The second kappa shape index (κ2) is 4.93. The molecule has 0 spiro atoms. The maximum absolute atomic E-state index is 12.1. The highest BCUT2D eigenvalue weighted by atomic mass is 32.2. The fourth-order valence-corrected chi connectivity index (χ4v) is 2.56. The summed E-state index contributed by atoms with van der Waals surface area (Å²) in [4.78, 5) is 0.166. The summed E-state index contributed by atoms with van der Waals surface area (Å²) < 4.78 is 28.4. The van der Waals surface area contributed by atoms with E-state index in [2.05, 4.69) is 9.82 Å². The van der Waals surface area contributed by atoms with Gasteiger partial charge in [-0.1, -0.05) is 0 Å². The van der Waals surface area contributed by atoms with Crippen LogP contribution in [0.15, 0.2) is 41.6 Å². The first kappa shape index (κ1) is 13.4. The summed E-state index contributed by atoms with van der Waals surface area (Å²) in [6.07, 6.45) is 3.13. The van der Waals surface area contributed by atoms with Gasteiger partial charge in [0.05, 0.1) is 16.8 Å². The van der Waals surface area contributed by atoms with Crippen molar-refractivity contribution in [1.82, 2.24) is 9.78 Å². The summed E-state index contributed by atoms with van der Waals surface area (Å²) in [5.41, 5.74) is 6.49. The van der Waals surface area contributed by atoms with Crippen LogP contribution in [-0.4, -0.2) is 18.2 Å². The van der Waals surface area contributed by atoms with E-state index >= 15 is 0 Å². The molecule has 0 aliphatic carbocycles. The number of hydrogen-bond donors (Lipinski definition) is 2. The number of anilines is 2. The maximum Gasteiger partial charge on any atom is 0.261 e. The van der Waals surface area contributed by atoms with E-state index in [0.29, 0.717) is 11.4 Å². The van der Waals surface area contributed by atoms with Gasteiger partial charge in [0.15, 0.2) is 0 Å². The van der Waals surface area contributed by atoms with Gasteiger partial charge in [-0.25, -0.2) is 8.42 Å². The van der Waals surface area contributed by atoms with Crippen LogP contribution in [0.5, 0.6) is 0 Å². The Morgan fingerprint density at radius 3 is 2.42 bits per heavy atom. The molecule has 0 fully saturated rings. The third kappa shape index (κ3) is 3.05. The van der Waals surface area contributed by atoms with Crippen LogP contribution >= 0.6 is 0 Å². The molecule has 0 aliphatic rings. The summed E-state index contributed by atoms with van der Waals surface area (Å²) in [5.74, 6) is 0. The van der Waals surface area contributed by atoms with Gasteiger partial charge in [0.25, 0.3) is 10.0 Å². The first-order valence-electron chi connectivity index (χ1n) is 5.81. The van der Waals surface area contributed by atoms with Crippen molar-refractivity contribution < 1.29 is 8.42 Å². The molecule has 19 heavy (non-hydrogen) atoms. The highest BCUT2D eigenvalue weighted by Gasteiger charge is 2.15. The van der Waals surface area contributed by atoms with Crippen LogP contribution in [-0.2, 0) is 10.0 Å². The van der Waals surface area contributed by atoms with Gasteiger partial charge in [0, 0.05) is 17.9 Å². The normalized spacial score (nSPS) is 11.7. The minimum absolute atomic E-state index is 0.166. The lowest BCUT2D eigenvalue weighted by atomic mass is 10.3. The van der Waals surface area contributed by atoms with Crippen molar-refractivity contribution >= 4 is 21.4 Å². The zero-order valence-electron chi connectivity index (χ0n) is 10.7. The predicted molar refractivity (Wildman–Crippen MR) is 74.3 cm³/mol. The van der Waals surface area contributed by atoms with Gasteiger partial charge < -0.3 is 5.73 Å². The third-order valence-electron chi connectivity index (χ3n) is 2.57. The number of nitrogens with zero attached hydrogens (tertiary/aromatic N) is 2. The molecule has 0 bridgehead atoms. The van der Waals surface area contributed by atoms with Crippen LogP contribution < -0.4 is 10.5 Å². The Hall–Kier alpha value is -2.02. The first-order valence-corrected chi connectivity index (χ1v) is 7.29. The standard InChI is InChI=1S/C12H16N4O2S/c1-9(2)16-8-11(7-14-16)15-19(17,18)12-5-3-10(13)4-6-12/h3-9,15H,13H2,1-2H3. The van der Waals surface area contributed by atoms with E-state index in [1.165, 1.54) is 18.3 Å². The number of nitrogen functional groups attached to an aromatic ring is 1. The first-order chi connectivity index (χ1) is 8.88. The second-order valence-corrected chi connectivity index (χ2v) is 6.16. The van der Waals surface area contributed by atoms with Crippen molar-refractivity contribution in [3.05, 3.63) is 36.7 Å². The zero-order chi connectivity index (χ0) is 14.0. The minimum Gasteiger partial charge on any atom is -0.399 e. The van der Waals surface area contributed by atoms with Crippen LogP contribution in [0.1, 0.15) is 19.9 Å². The molecular weight excluding hydrogens is 264 g/mol. The Balaban J connectivity index is 2.23. The Morgan fingerprint density at radius 1 is 1.26 bits per heavy atom. The molecule has 0 atom stereocenters. The SMILES string of the molecule is CC(C)n1cc(NS(=O)(=O)c2ccc(N)cc2)cn1. The Bertz CT molecular complexity index is 659. The number of nitrogens with one attached hydrogen (secondary N) is 1. The molecule has 102 valence electrons. The van der Waals surface area contributed by atoms with Crippen molar-refractivity contribution in [2.45, 2.75) is 24.8 Å². The quantitative estimate of drug-likeness (QED) is 0.836. The van der Waals surface area contributed by atoms with Gasteiger partial charge in [-0.15, -0.1) is 0 Å². The van der Waals surface area contributed by atoms with Crippen molar-refractivity contribution in [2.75, 3.05) is 10.5 Å². The zero-order valence-corrected chi connectivity index (χ0v) is 11.6. The van der Waals surface area contributed by atoms with E-state index < -0.39 is 10.0 Å². The van der Waals surface area contributed by atoms with Crippen LogP contribution in [0.4, 0.5) is 11.4 Å². The van der Waals surface area contributed by atoms with Gasteiger partial charge in [0.2, 0.25) is 0 Å². The lowest BCUT2D eigenvalue weighted by molar-refractivity contribution is 0.532. The summed E-state index contributed by atoms with van der Waals surface area (Å²) in [6.45, 7) is 3.93. The number of benzene rings is 1. The molecule has 1 heterocycles. The molecule has 0 radical (unpaired) electrons. The smallest absolute Gasteiger partial charge is 0.261 e. The molecule has 3 N–H and O–H groups in total. The van der Waals surface area contributed by atoms with Crippen LogP contribution in [0.2, 0.25) is 0 Å². The van der Waals surface area contributed by atoms with Gasteiger partial charge in [-0.3, -0.25) is 9.40 Å². The molecule has 1 aromatic heterocycles. The van der Waals surface area contributed by atoms with E-state index in [9.17, 15) is 8.42 Å². The molecule has 0 amide bonds. The molecule has 7 heteroatoms. The third-order valence-corrected chi connectivity index (χ3v) is 3.97. The number of sulfonamides is 1. The maximum atomic E-state index is 12.1. The molecule has 1 aromatic carbocycles. The largest absolute Gasteiger partial charge is 0.399 e. The predicted octanol–water partition coefficient (Wildman–Crippen LogP) is 1.85. The fourth-order valence-electron chi connectivity index (χ4n) is 1.53. The van der Waals surface area contributed by atoms with Crippen LogP contribution in [0.25, 0.3) is 0 Å². The van der Waals surface area contributed by atoms with Crippen molar-refractivity contribution in [1.29, 1.82) is 0 Å². The highest BCUT2D eigenvalue weighted by Crippen LogP contribution is 2.17. The molecule has 0 unspecified atom stereocenters. The van der Waals surface area contributed by atoms with Crippen molar-refractivity contribution in [3.63, 3.8) is 0 Å². The molecule has 0 saturated heterocycles. The second-order valence-electron chi connectivity index (χ2n) is 4.48. The van der Waals surface area contributed by atoms with E-state index in [1.54, 1.807) is 23.0 Å². The van der Waals surface area contributed by atoms with Gasteiger partial charge in [-0.05, 0) is 38.1 Å². The average molecular weight is 280 g/mol. The van der Waals surface area contributed by atoms with E-state index in [-0.39, 0.29) is 10.9 Å². The molecular formula is C12H16N4O2S. The fraction of sp³-hybridized carbons (Fsp3) is 0.250. The van der Waals surface area contributed by atoms with Crippen LogP contribution in [0.3, 0.4) is 0 Å². The topological polar surface area (TPSA) is 90.0 Å². The molecule has 6 nitrogen and oxygen atoms in total. The highest BCUT2D eigenvalue weighted by molar-refractivity contribution is 7.92. The Labute approximate surface area is 112 Å². The monoisotopic (exact) mass is 280 g/mol. The summed E-state index contributed by atoms with van der Waals surface area (Å²) in [6, 6.07) is 6.20. The lowest BCUT2D eigenvalue weighted by Gasteiger charge is -2.06. The summed E-state index contributed by atoms with van der Waals surface area (Å²) >= 11 is 0. The van der Waals surface area contributed by atoms with E-state index in [4.69, 9.17) is 5.73 Å². The van der Waals surface area contributed by atoms with Crippen molar-refractivity contribution in [2.24, 2.45) is 0 Å². The van der Waals surface area contributed by atoms with E-state index in [0.717, 1.165) is 0 Å². The van der Waals surface area contributed by atoms with Gasteiger partial charge in [-0.2, -0.15) is 5.10 Å². The summed E-state index contributed by atoms with van der Waals surface area (Å²) in [5, 5.41) is 4.08. The Kier molecular flexibility index (Phi) is 3.48. The lowest BCUT2D eigenvalue weighted by Crippen LogP contribution is -2.12. The average Bonchev–Trinajstić information content (AvgIpc) is 2.77. The number of rotatable bonds is 4. The minimum atomic E-state index is -3.60. The van der Waals surface area contributed by atoms with Crippen molar-refractivity contribution in [3.8, 4) is 0 Å². The van der Waals surface area contributed by atoms with Gasteiger partial charge in [0.1, 0.15) is 0 Å². The number of aromatic nitrogens is 2. The van der Waals surface area contributed by atoms with E-state index in [1.807, 2.05) is 13.8 Å². The molecule has 2 rings (SSSR count). The number of hydrogen-bond acceptors (Lipinski definition) is 4. The molecule has 0 saturated carbocycles. The number of nitrogens with two attached hydrogens (primary N) is 1. The molecule has 2 aromatic rings. The van der Waals surface area contributed by atoms with Crippen LogP contribution in [0, 0.1) is 0 Å². The Morgan fingerprint density at radius 2 is 1.89 bits per heavy atom. The molecule has 0 aliphatic heterocycles. The summed E-state index contributed by atoms with van der Waals surface area (Å²) in [7, 11) is -3.60.